The SMILES string of the molecule is C=CC(CCN)OP(=O)(O)O. The molecule has 0 aromatic rings. The molecule has 1 atom stereocenters. The van der Waals surface area contributed by atoms with Crippen LogP contribution in [0.15, 0.2) is 12.7 Å². The van der Waals surface area contributed by atoms with Crippen molar-refractivity contribution in [1.29, 1.82) is 0 Å². The van der Waals surface area contributed by atoms with Gasteiger partial charge < -0.3 is 15.5 Å². The van der Waals surface area contributed by atoms with Gasteiger partial charge in [-0.2, -0.15) is 0 Å². The van der Waals surface area contributed by atoms with Crippen molar-refractivity contribution < 1.29 is 18.9 Å². The summed E-state index contributed by atoms with van der Waals surface area (Å²) in [7, 11) is -4.39. The quantitative estimate of drug-likeness (QED) is 0.410. The van der Waals surface area contributed by atoms with E-state index in [1.165, 1.54) is 6.08 Å². The smallest absolute Gasteiger partial charge is 0.330 e. The number of hydrogen-bond donors (Lipinski definition) is 3. The molecule has 0 bridgehead atoms. The summed E-state index contributed by atoms with van der Waals surface area (Å²) >= 11 is 0. The van der Waals surface area contributed by atoms with Gasteiger partial charge in [0.05, 0.1) is 6.10 Å². The predicted molar refractivity (Wildman–Crippen MR) is 40.8 cm³/mol. The number of nitrogens with two attached hydrogens (primary N) is 1. The van der Waals surface area contributed by atoms with Crippen molar-refractivity contribution in [2.45, 2.75) is 12.5 Å². The minimum Gasteiger partial charge on any atom is -0.330 e. The van der Waals surface area contributed by atoms with Gasteiger partial charge in [0.25, 0.3) is 0 Å². The molecule has 0 aliphatic heterocycles. The van der Waals surface area contributed by atoms with Crippen LogP contribution in [0.4, 0.5) is 0 Å². The average Bonchev–Trinajstić information content (AvgIpc) is 1.84. The third kappa shape index (κ3) is 6.22. The maximum atomic E-state index is 10.3. The van der Waals surface area contributed by atoms with Gasteiger partial charge in [0.2, 0.25) is 0 Å². The zero-order valence-corrected chi connectivity index (χ0v) is 6.91. The molecule has 11 heavy (non-hydrogen) atoms. The first-order valence-electron chi connectivity index (χ1n) is 3.06. The fraction of sp³-hybridized carbons (Fsp3) is 0.600. The molecule has 0 fully saturated rings. The number of rotatable bonds is 5. The van der Waals surface area contributed by atoms with Crippen LogP contribution in [0.3, 0.4) is 0 Å². The first-order valence-corrected chi connectivity index (χ1v) is 4.59. The predicted octanol–water partition coefficient (Wildman–Crippen LogP) is -0.000900. The van der Waals surface area contributed by atoms with Gasteiger partial charge in [-0.3, -0.25) is 4.52 Å². The van der Waals surface area contributed by atoms with Gasteiger partial charge in [-0.15, -0.1) is 6.58 Å². The van der Waals surface area contributed by atoms with Crippen LogP contribution >= 0.6 is 7.82 Å². The second-order valence-corrected chi connectivity index (χ2v) is 3.14. The van der Waals surface area contributed by atoms with Crippen LogP contribution in [0.5, 0.6) is 0 Å². The van der Waals surface area contributed by atoms with Crippen molar-refractivity contribution in [3.05, 3.63) is 12.7 Å². The second kappa shape index (κ2) is 4.64. The van der Waals surface area contributed by atoms with E-state index in [4.69, 9.17) is 15.5 Å². The number of hydrogen-bond acceptors (Lipinski definition) is 3. The van der Waals surface area contributed by atoms with E-state index in [2.05, 4.69) is 11.1 Å². The van der Waals surface area contributed by atoms with Crippen molar-refractivity contribution in [2.24, 2.45) is 5.73 Å². The van der Waals surface area contributed by atoms with E-state index in [9.17, 15) is 4.57 Å². The molecule has 6 heteroatoms. The van der Waals surface area contributed by atoms with E-state index in [1.54, 1.807) is 0 Å². The van der Waals surface area contributed by atoms with Gasteiger partial charge in [0, 0.05) is 0 Å². The Balaban J connectivity index is 3.88. The minimum atomic E-state index is -4.39. The van der Waals surface area contributed by atoms with Crippen LogP contribution in [-0.2, 0) is 9.09 Å². The standard InChI is InChI=1S/C5H12NO4P/c1-2-5(3-4-6)10-11(7,8)9/h2,5H,1,3-4,6H2,(H2,7,8,9). The van der Waals surface area contributed by atoms with Crippen LogP contribution in [0.25, 0.3) is 0 Å². The Hall–Kier alpha value is -0.190. The lowest BCUT2D eigenvalue weighted by atomic mass is 10.2. The third-order valence-corrected chi connectivity index (χ3v) is 1.53. The Kier molecular flexibility index (Phi) is 4.56. The molecular formula is C5H12NO4P. The maximum absolute atomic E-state index is 10.3. The molecule has 0 aliphatic rings. The van der Waals surface area contributed by atoms with Gasteiger partial charge in [0.15, 0.2) is 0 Å². The van der Waals surface area contributed by atoms with E-state index in [0.29, 0.717) is 13.0 Å². The van der Waals surface area contributed by atoms with Crippen LogP contribution < -0.4 is 5.73 Å². The molecule has 0 spiro atoms. The molecule has 0 aliphatic carbocycles. The highest BCUT2D eigenvalue weighted by molar-refractivity contribution is 7.46. The molecule has 5 nitrogen and oxygen atoms in total. The van der Waals surface area contributed by atoms with Gasteiger partial charge in [-0.25, -0.2) is 4.57 Å². The monoisotopic (exact) mass is 181 g/mol. The summed E-state index contributed by atoms with van der Waals surface area (Å²) in [6.45, 7) is 3.64. The summed E-state index contributed by atoms with van der Waals surface area (Å²) in [4.78, 5) is 16.7. The Bertz CT molecular complexity index is 166. The third-order valence-electron chi connectivity index (χ3n) is 0.987. The van der Waals surface area contributed by atoms with Gasteiger partial charge in [0.1, 0.15) is 0 Å². The minimum absolute atomic E-state index is 0.302. The van der Waals surface area contributed by atoms with E-state index in [-0.39, 0.29) is 0 Å². The topological polar surface area (TPSA) is 92.8 Å². The fourth-order valence-corrected chi connectivity index (χ4v) is 1.10. The summed E-state index contributed by atoms with van der Waals surface area (Å²) in [5, 5.41) is 0. The van der Waals surface area contributed by atoms with Gasteiger partial charge in [-0.1, -0.05) is 6.08 Å². The van der Waals surface area contributed by atoms with Crippen molar-refractivity contribution in [3.63, 3.8) is 0 Å². The van der Waals surface area contributed by atoms with Crippen molar-refractivity contribution in [3.8, 4) is 0 Å². The molecule has 0 rings (SSSR count). The average molecular weight is 181 g/mol. The number of phosphoric ester groups is 1. The number of phosphoric acid groups is 1. The summed E-state index contributed by atoms with van der Waals surface area (Å²) in [6.07, 6.45) is 1.00. The molecule has 66 valence electrons. The lowest BCUT2D eigenvalue weighted by Gasteiger charge is -2.12. The maximum Gasteiger partial charge on any atom is 0.470 e. The molecular weight excluding hydrogens is 169 g/mol. The Morgan fingerprint density at radius 3 is 2.55 bits per heavy atom. The summed E-state index contributed by atoms with van der Waals surface area (Å²) < 4.78 is 14.6. The zero-order valence-electron chi connectivity index (χ0n) is 6.01. The fourth-order valence-electron chi connectivity index (χ4n) is 0.554. The van der Waals surface area contributed by atoms with Crippen molar-refractivity contribution >= 4 is 7.82 Å². The normalized spacial score (nSPS) is 14.5. The highest BCUT2D eigenvalue weighted by Crippen LogP contribution is 2.38. The van der Waals surface area contributed by atoms with Crippen molar-refractivity contribution in [1.82, 2.24) is 0 Å². The van der Waals surface area contributed by atoms with Crippen LogP contribution in [0, 0.1) is 0 Å². The summed E-state index contributed by atoms with van der Waals surface area (Å²) in [5.74, 6) is 0. The largest absolute Gasteiger partial charge is 0.470 e. The summed E-state index contributed by atoms with van der Waals surface area (Å²) in [5.41, 5.74) is 5.14. The first-order chi connectivity index (χ1) is 4.99. The Morgan fingerprint density at radius 2 is 2.27 bits per heavy atom. The Labute approximate surface area is 65.1 Å². The van der Waals surface area contributed by atoms with E-state index in [1.807, 2.05) is 0 Å². The lowest BCUT2D eigenvalue weighted by Crippen LogP contribution is -2.13. The first kappa shape index (κ1) is 10.8. The molecule has 0 heterocycles. The van der Waals surface area contributed by atoms with E-state index in [0.717, 1.165) is 0 Å². The Morgan fingerprint density at radius 1 is 1.73 bits per heavy atom. The summed E-state index contributed by atoms with van der Waals surface area (Å²) in [6, 6.07) is 0. The van der Waals surface area contributed by atoms with Crippen LogP contribution in [0.2, 0.25) is 0 Å². The van der Waals surface area contributed by atoms with Crippen LogP contribution in [-0.4, -0.2) is 22.4 Å². The van der Waals surface area contributed by atoms with Gasteiger partial charge in [-0.05, 0) is 13.0 Å². The zero-order chi connectivity index (χ0) is 8.91. The van der Waals surface area contributed by atoms with E-state index >= 15 is 0 Å². The molecule has 0 amide bonds. The molecule has 0 saturated heterocycles. The van der Waals surface area contributed by atoms with Crippen molar-refractivity contribution in [2.75, 3.05) is 6.54 Å². The molecule has 1 unspecified atom stereocenters. The molecule has 4 N–H and O–H groups in total. The lowest BCUT2D eigenvalue weighted by molar-refractivity contribution is 0.157. The molecule has 0 aromatic carbocycles. The highest BCUT2D eigenvalue weighted by atomic mass is 31.2. The molecule has 0 saturated carbocycles. The second-order valence-electron chi connectivity index (χ2n) is 1.95. The highest BCUT2D eigenvalue weighted by Gasteiger charge is 2.18. The van der Waals surface area contributed by atoms with Crippen LogP contribution in [0.1, 0.15) is 6.42 Å². The molecule has 0 aromatic heterocycles. The van der Waals surface area contributed by atoms with E-state index < -0.39 is 13.9 Å². The van der Waals surface area contributed by atoms with Gasteiger partial charge >= 0.3 is 7.82 Å². The molecule has 0 radical (unpaired) electrons.